The third-order valence-corrected chi connectivity index (χ3v) is 4.04. The number of carbonyl (C=O) groups excluding carboxylic acids is 1. The number of aromatic amines is 1. The highest BCUT2D eigenvalue weighted by atomic mass is 32.2. The molecule has 22 heavy (non-hydrogen) atoms. The molecule has 0 unspecified atom stereocenters. The van der Waals surface area contributed by atoms with Gasteiger partial charge in [0.15, 0.2) is 0 Å². The second-order valence-electron chi connectivity index (χ2n) is 5.00. The molecule has 3 N–H and O–H groups in total. The lowest BCUT2D eigenvalue weighted by atomic mass is 10.1. The first-order valence-electron chi connectivity index (χ1n) is 6.68. The van der Waals surface area contributed by atoms with Gasteiger partial charge in [-0.2, -0.15) is 4.72 Å². The first-order chi connectivity index (χ1) is 10.5. The summed E-state index contributed by atoms with van der Waals surface area (Å²) in [5.74, 6) is -0.340. The molecule has 0 saturated heterocycles. The van der Waals surface area contributed by atoms with Gasteiger partial charge in [0.1, 0.15) is 0 Å². The molecule has 3 aromatic rings. The third kappa shape index (κ3) is 2.81. The molecule has 2 aromatic carbocycles. The van der Waals surface area contributed by atoms with Crippen LogP contribution in [0.5, 0.6) is 0 Å². The minimum absolute atomic E-state index is 0.145. The fourth-order valence-corrected chi connectivity index (χ4v) is 2.74. The number of fused-ring (bicyclic) bond motifs is 3. The summed E-state index contributed by atoms with van der Waals surface area (Å²) in [6.45, 7) is -0.145. The maximum atomic E-state index is 12.3. The average Bonchev–Trinajstić information content (AvgIpc) is 2.84. The van der Waals surface area contributed by atoms with Crippen molar-refractivity contribution in [2.24, 2.45) is 0 Å². The average molecular weight is 317 g/mol. The number of amides is 1. The quantitative estimate of drug-likeness (QED) is 0.638. The lowest BCUT2D eigenvalue weighted by Crippen LogP contribution is -2.36. The van der Waals surface area contributed by atoms with E-state index in [1.165, 1.54) is 0 Å². The van der Waals surface area contributed by atoms with Crippen LogP contribution in [0.25, 0.3) is 21.8 Å². The summed E-state index contributed by atoms with van der Waals surface area (Å²) in [4.78, 5) is 15.5. The Balaban J connectivity index is 1.95. The molecule has 0 atom stereocenters. The molecule has 3 rings (SSSR count). The maximum Gasteiger partial charge on any atom is 0.254 e. The Hall–Kier alpha value is -2.38. The molecule has 114 valence electrons. The van der Waals surface area contributed by atoms with Crippen LogP contribution < -0.4 is 10.0 Å². The van der Waals surface area contributed by atoms with Gasteiger partial charge in [-0.3, -0.25) is 4.79 Å². The number of sulfonamides is 1. The summed E-state index contributed by atoms with van der Waals surface area (Å²) in [5.41, 5.74) is 2.16. The van der Waals surface area contributed by atoms with Crippen LogP contribution in [-0.4, -0.2) is 32.2 Å². The molecule has 6 nitrogen and oxygen atoms in total. The van der Waals surface area contributed by atoms with Crippen LogP contribution >= 0.6 is 0 Å². The van der Waals surface area contributed by atoms with Crippen molar-refractivity contribution in [3.8, 4) is 0 Å². The molecule has 1 amide bonds. The van der Waals surface area contributed by atoms with Crippen LogP contribution in [0, 0.1) is 0 Å². The van der Waals surface area contributed by atoms with Crippen molar-refractivity contribution in [1.29, 1.82) is 0 Å². The van der Waals surface area contributed by atoms with E-state index in [9.17, 15) is 13.2 Å². The maximum absolute atomic E-state index is 12.3. The molecule has 0 bridgehead atoms. The van der Waals surface area contributed by atoms with Crippen molar-refractivity contribution in [2.45, 2.75) is 0 Å². The van der Waals surface area contributed by atoms with Crippen LogP contribution in [0.2, 0.25) is 0 Å². The smallest absolute Gasteiger partial charge is 0.254 e. The fraction of sp³-hybridized carbons (Fsp3) is 0.133. The van der Waals surface area contributed by atoms with Crippen LogP contribution in [0.3, 0.4) is 0 Å². The van der Waals surface area contributed by atoms with Gasteiger partial charge in [0.2, 0.25) is 10.0 Å². The summed E-state index contributed by atoms with van der Waals surface area (Å²) in [7, 11) is -3.34. The van der Waals surface area contributed by atoms with Gasteiger partial charge < -0.3 is 10.3 Å². The molecule has 0 aliphatic carbocycles. The van der Waals surface area contributed by atoms with Gasteiger partial charge in [0, 0.05) is 16.3 Å². The number of benzene rings is 2. The molecule has 7 heteroatoms. The van der Waals surface area contributed by atoms with Gasteiger partial charge in [0.05, 0.1) is 24.0 Å². The Morgan fingerprint density at radius 3 is 2.59 bits per heavy atom. The van der Waals surface area contributed by atoms with Gasteiger partial charge in [-0.15, -0.1) is 0 Å². The SMILES string of the molecule is CS(=O)(=O)NCNC(=O)c1cccc2c1[nH]c1ccccc12. The first-order valence-corrected chi connectivity index (χ1v) is 8.57. The molecule has 0 spiro atoms. The molecule has 0 saturated carbocycles. The number of nitrogens with one attached hydrogen (secondary N) is 3. The highest BCUT2D eigenvalue weighted by molar-refractivity contribution is 7.88. The second-order valence-corrected chi connectivity index (χ2v) is 6.83. The van der Waals surface area contributed by atoms with Gasteiger partial charge in [-0.1, -0.05) is 30.3 Å². The molecule has 0 aliphatic heterocycles. The zero-order chi connectivity index (χ0) is 15.7. The number of H-pyrrole nitrogens is 1. The predicted molar refractivity (Wildman–Crippen MR) is 86.1 cm³/mol. The number of aromatic nitrogens is 1. The van der Waals surface area contributed by atoms with Crippen molar-refractivity contribution in [1.82, 2.24) is 15.0 Å². The lowest BCUT2D eigenvalue weighted by molar-refractivity contribution is 0.0955. The van der Waals surface area contributed by atoms with E-state index in [1.54, 1.807) is 6.07 Å². The van der Waals surface area contributed by atoms with E-state index in [0.29, 0.717) is 5.56 Å². The van der Waals surface area contributed by atoms with Crippen molar-refractivity contribution >= 4 is 37.7 Å². The van der Waals surface area contributed by atoms with E-state index in [2.05, 4.69) is 15.0 Å². The lowest BCUT2D eigenvalue weighted by Gasteiger charge is -2.06. The zero-order valence-electron chi connectivity index (χ0n) is 11.9. The van der Waals surface area contributed by atoms with Gasteiger partial charge in [-0.25, -0.2) is 8.42 Å². The van der Waals surface area contributed by atoms with Crippen molar-refractivity contribution < 1.29 is 13.2 Å². The zero-order valence-corrected chi connectivity index (χ0v) is 12.7. The highest BCUT2D eigenvalue weighted by Crippen LogP contribution is 2.27. The van der Waals surface area contributed by atoms with E-state index >= 15 is 0 Å². The second kappa shape index (κ2) is 5.43. The van der Waals surface area contributed by atoms with Crippen molar-refractivity contribution in [2.75, 3.05) is 12.9 Å². The summed E-state index contributed by atoms with van der Waals surface area (Å²) in [6, 6.07) is 13.3. The minimum atomic E-state index is -3.34. The number of hydrogen-bond donors (Lipinski definition) is 3. The van der Waals surface area contributed by atoms with E-state index in [-0.39, 0.29) is 12.6 Å². The van der Waals surface area contributed by atoms with Crippen molar-refractivity contribution in [3.05, 3.63) is 48.0 Å². The van der Waals surface area contributed by atoms with Crippen LogP contribution in [0.4, 0.5) is 0 Å². The monoisotopic (exact) mass is 317 g/mol. The number of para-hydroxylation sites is 2. The Bertz CT molecular complexity index is 960. The minimum Gasteiger partial charge on any atom is -0.354 e. The third-order valence-electron chi connectivity index (χ3n) is 3.37. The molecular weight excluding hydrogens is 302 g/mol. The van der Waals surface area contributed by atoms with E-state index < -0.39 is 10.0 Å². The van der Waals surface area contributed by atoms with E-state index in [1.807, 2.05) is 36.4 Å². The molecule has 1 heterocycles. The Labute approximate surface area is 127 Å². The van der Waals surface area contributed by atoms with Crippen molar-refractivity contribution in [3.63, 3.8) is 0 Å². The number of hydrogen-bond acceptors (Lipinski definition) is 3. The Morgan fingerprint density at radius 2 is 1.82 bits per heavy atom. The van der Waals surface area contributed by atoms with E-state index in [4.69, 9.17) is 0 Å². The topological polar surface area (TPSA) is 91.1 Å². The summed E-state index contributed by atoms with van der Waals surface area (Å²) >= 11 is 0. The summed E-state index contributed by atoms with van der Waals surface area (Å²) < 4.78 is 24.2. The Morgan fingerprint density at radius 1 is 1.09 bits per heavy atom. The predicted octanol–water partition coefficient (Wildman–Crippen LogP) is 1.56. The standard InChI is InChI=1S/C15H15N3O3S/c1-22(20,21)17-9-16-15(19)12-7-4-6-11-10-5-2-3-8-13(10)18-14(11)12/h2-8,17-18H,9H2,1H3,(H,16,19). The molecule has 0 radical (unpaired) electrons. The molecule has 0 aliphatic rings. The number of carbonyl (C=O) groups is 1. The normalized spacial score (nSPS) is 11.9. The molecule has 0 fully saturated rings. The first kappa shape index (κ1) is 14.6. The van der Waals surface area contributed by atoms with Crippen LogP contribution in [-0.2, 0) is 10.0 Å². The van der Waals surface area contributed by atoms with Gasteiger partial charge >= 0.3 is 0 Å². The summed E-state index contributed by atoms with van der Waals surface area (Å²) in [6.07, 6.45) is 1.04. The van der Waals surface area contributed by atoms with E-state index in [0.717, 1.165) is 28.1 Å². The fourth-order valence-electron chi connectivity index (χ4n) is 2.40. The number of rotatable bonds is 4. The van der Waals surface area contributed by atoms with Gasteiger partial charge in [0.25, 0.3) is 5.91 Å². The molecule has 1 aromatic heterocycles. The highest BCUT2D eigenvalue weighted by Gasteiger charge is 2.13. The largest absolute Gasteiger partial charge is 0.354 e. The molecular formula is C15H15N3O3S. The Kier molecular flexibility index (Phi) is 3.59. The van der Waals surface area contributed by atoms with Crippen LogP contribution in [0.15, 0.2) is 42.5 Å². The van der Waals surface area contributed by atoms with Crippen LogP contribution in [0.1, 0.15) is 10.4 Å². The summed E-state index contributed by atoms with van der Waals surface area (Å²) in [5, 5.41) is 4.54. The van der Waals surface area contributed by atoms with Gasteiger partial charge in [-0.05, 0) is 12.1 Å².